The van der Waals surface area contributed by atoms with Crippen molar-refractivity contribution in [3.05, 3.63) is 65.5 Å². The third-order valence-corrected chi connectivity index (χ3v) is 6.71. The normalized spacial score (nSPS) is 21.1. The predicted octanol–water partition coefficient (Wildman–Crippen LogP) is 3.83. The molecule has 2 heterocycles. The Balaban J connectivity index is 1.20. The Morgan fingerprint density at radius 2 is 1.97 bits per heavy atom. The van der Waals surface area contributed by atoms with Crippen LogP contribution in [-0.2, 0) is 6.54 Å². The summed E-state index contributed by atoms with van der Waals surface area (Å²) in [7, 11) is 0. The fourth-order valence-electron chi connectivity index (χ4n) is 4.93. The minimum Gasteiger partial charge on any atom is -0.368 e. The molecule has 0 spiro atoms. The molecule has 0 radical (unpaired) electrons. The highest BCUT2D eigenvalue weighted by atomic mass is 19.1. The van der Waals surface area contributed by atoms with E-state index in [1.165, 1.54) is 24.1 Å². The number of urea groups is 1. The van der Waals surface area contributed by atoms with Crippen molar-refractivity contribution in [1.82, 2.24) is 15.1 Å². The molecule has 1 N–H and O–H groups in total. The molecule has 2 aromatic carbocycles. The van der Waals surface area contributed by atoms with Crippen molar-refractivity contribution >= 4 is 11.7 Å². The summed E-state index contributed by atoms with van der Waals surface area (Å²) in [4.78, 5) is 19.2. The summed E-state index contributed by atoms with van der Waals surface area (Å²) in [6.07, 6.45) is 2.17. The van der Waals surface area contributed by atoms with E-state index >= 15 is 0 Å². The third-order valence-electron chi connectivity index (χ3n) is 6.71. The van der Waals surface area contributed by atoms with Crippen LogP contribution in [0.25, 0.3) is 0 Å². The van der Waals surface area contributed by atoms with Gasteiger partial charge in [-0.25, -0.2) is 9.18 Å². The molecule has 0 bridgehead atoms. The number of carbonyl (C=O) groups excluding carboxylic acids is 1. The molecule has 0 saturated carbocycles. The van der Waals surface area contributed by atoms with E-state index in [0.717, 1.165) is 26.1 Å². The van der Waals surface area contributed by atoms with Crippen LogP contribution in [0.2, 0.25) is 0 Å². The van der Waals surface area contributed by atoms with Gasteiger partial charge in [-0.3, -0.25) is 4.90 Å². The minimum atomic E-state index is -0.411. The third kappa shape index (κ3) is 6.02. The lowest BCUT2D eigenvalue weighted by atomic mass is 10.1. The number of likely N-dealkylation sites (tertiary alicyclic amines) is 1. The van der Waals surface area contributed by atoms with Crippen LogP contribution in [0.3, 0.4) is 0 Å². The van der Waals surface area contributed by atoms with Crippen LogP contribution in [0, 0.1) is 23.1 Å². The Labute approximate surface area is 195 Å². The number of nitrogens with one attached hydrogen (secondary N) is 1. The van der Waals surface area contributed by atoms with Crippen LogP contribution in [0.1, 0.15) is 30.9 Å². The smallest absolute Gasteiger partial charge is 0.317 e. The summed E-state index contributed by atoms with van der Waals surface area (Å²) >= 11 is 0. The first kappa shape index (κ1) is 23.1. The summed E-state index contributed by atoms with van der Waals surface area (Å²) in [5.74, 6) is 0.205. The Kier molecular flexibility index (Phi) is 7.46. The molecular formula is C26H32FN5O. The summed E-state index contributed by atoms with van der Waals surface area (Å²) in [5, 5.41) is 12.2. The van der Waals surface area contributed by atoms with Gasteiger partial charge in [0.2, 0.25) is 0 Å². The maximum atomic E-state index is 13.8. The van der Waals surface area contributed by atoms with Crippen molar-refractivity contribution in [1.29, 1.82) is 5.26 Å². The van der Waals surface area contributed by atoms with Crippen LogP contribution < -0.4 is 10.2 Å². The number of nitriles is 1. The predicted molar refractivity (Wildman–Crippen MR) is 127 cm³/mol. The van der Waals surface area contributed by atoms with E-state index < -0.39 is 5.82 Å². The molecule has 2 aliphatic rings. The molecular weight excluding hydrogens is 417 g/mol. The van der Waals surface area contributed by atoms with Gasteiger partial charge in [-0.15, -0.1) is 0 Å². The maximum absolute atomic E-state index is 13.8. The monoisotopic (exact) mass is 449 g/mol. The van der Waals surface area contributed by atoms with Crippen LogP contribution in [0.15, 0.2) is 48.5 Å². The molecule has 2 aromatic rings. The molecule has 2 atom stereocenters. The fourth-order valence-corrected chi connectivity index (χ4v) is 4.93. The van der Waals surface area contributed by atoms with Gasteiger partial charge in [-0.05, 0) is 56.0 Å². The Morgan fingerprint density at radius 3 is 2.73 bits per heavy atom. The van der Waals surface area contributed by atoms with E-state index in [4.69, 9.17) is 5.26 Å². The zero-order valence-electron chi connectivity index (χ0n) is 19.2. The van der Waals surface area contributed by atoms with E-state index in [-0.39, 0.29) is 12.1 Å². The fraction of sp³-hybridized carbons (Fsp3) is 0.462. The van der Waals surface area contributed by atoms with Crippen LogP contribution >= 0.6 is 0 Å². The van der Waals surface area contributed by atoms with Gasteiger partial charge >= 0.3 is 6.03 Å². The maximum Gasteiger partial charge on any atom is 0.317 e. The molecule has 174 valence electrons. The van der Waals surface area contributed by atoms with Crippen molar-refractivity contribution < 1.29 is 9.18 Å². The Morgan fingerprint density at radius 1 is 1.15 bits per heavy atom. The van der Waals surface area contributed by atoms with Crippen molar-refractivity contribution in [3.63, 3.8) is 0 Å². The molecule has 2 amide bonds. The zero-order chi connectivity index (χ0) is 23.2. The van der Waals surface area contributed by atoms with Crippen LogP contribution in [0.4, 0.5) is 14.9 Å². The number of carbonyl (C=O) groups is 1. The topological polar surface area (TPSA) is 62.6 Å². The molecule has 0 unspecified atom stereocenters. The van der Waals surface area contributed by atoms with Gasteiger partial charge in [0.25, 0.3) is 0 Å². The number of hydrogen-bond acceptors (Lipinski definition) is 4. The average Bonchev–Trinajstić information content (AvgIpc) is 3.26. The van der Waals surface area contributed by atoms with Crippen molar-refractivity contribution in [2.45, 2.75) is 32.4 Å². The Bertz CT molecular complexity index is 992. The first-order valence-electron chi connectivity index (χ1n) is 11.8. The van der Waals surface area contributed by atoms with Gasteiger partial charge in [-0.1, -0.05) is 30.3 Å². The second-order valence-electron chi connectivity index (χ2n) is 9.19. The second kappa shape index (κ2) is 10.7. The molecule has 4 rings (SSSR count). The first-order valence-corrected chi connectivity index (χ1v) is 11.8. The number of rotatable bonds is 6. The lowest BCUT2D eigenvalue weighted by molar-refractivity contribution is 0.171. The van der Waals surface area contributed by atoms with Crippen molar-refractivity contribution in [3.8, 4) is 6.07 Å². The molecule has 6 nitrogen and oxygen atoms in total. The summed E-state index contributed by atoms with van der Waals surface area (Å²) in [6, 6.07) is 16.9. The molecule has 33 heavy (non-hydrogen) atoms. The van der Waals surface area contributed by atoms with Crippen molar-refractivity contribution in [2.24, 2.45) is 5.92 Å². The summed E-state index contributed by atoms with van der Waals surface area (Å²) < 4.78 is 13.8. The number of hydrogen-bond donors (Lipinski definition) is 1. The van der Waals surface area contributed by atoms with E-state index in [0.29, 0.717) is 43.3 Å². The Hall–Kier alpha value is -3.11. The molecule has 2 fully saturated rings. The summed E-state index contributed by atoms with van der Waals surface area (Å²) in [6.45, 7) is 7.67. The second-order valence-corrected chi connectivity index (χ2v) is 9.19. The van der Waals surface area contributed by atoms with E-state index in [1.54, 1.807) is 6.07 Å². The largest absolute Gasteiger partial charge is 0.368 e. The highest BCUT2D eigenvalue weighted by molar-refractivity contribution is 5.75. The number of amides is 2. The molecule has 0 aliphatic carbocycles. The standard InChI is InChI=1S/C26H32FN5O/c1-20-17-31(25-14-23(16-28)13-24(27)15-25)11-12-32(20)26(33)29-9-7-22-8-10-30(19-22)18-21-5-3-2-4-6-21/h2-6,13-15,20,22H,7-12,17-19H2,1H3,(H,29,33)/t20-,22+/m1/s1. The SMILES string of the molecule is C[C@@H]1CN(c2cc(F)cc(C#N)c2)CCN1C(=O)NCC[C@H]1CCN(Cc2ccccc2)C1. The van der Waals surface area contributed by atoms with Gasteiger partial charge in [0.1, 0.15) is 5.82 Å². The molecule has 7 heteroatoms. The minimum absolute atomic E-state index is 0.000368. The molecule has 2 saturated heterocycles. The number of anilines is 1. The average molecular weight is 450 g/mol. The number of nitrogens with zero attached hydrogens (tertiary/aromatic N) is 4. The highest BCUT2D eigenvalue weighted by Gasteiger charge is 2.28. The van der Waals surface area contributed by atoms with Gasteiger partial charge < -0.3 is 15.1 Å². The van der Waals surface area contributed by atoms with Gasteiger partial charge in [0.15, 0.2) is 0 Å². The number of benzene rings is 2. The first-order chi connectivity index (χ1) is 16.0. The van der Waals surface area contributed by atoms with Crippen molar-refractivity contribution in [2.75, 3.05) is 44.2 Å². The highest BCUT2D eigenvalue weighted by Crippen LogP contribution is 2.23. The lowest BCUT2D eigenvalue weighted by Crippen LogP contribution is -2.56. The summed E-state index contributed by atoms with van der Waals surface area (Å²) in [5.41, 5.74) is 2.36. The van der Waals surface area contributed by atoms with Crippen LogP contribution in [0.5, 0.6) is 0 Å². The van der Waals surface area contributed by atoms with E-state index in [2.05, 4.69) is 34.5 Å². The number of halogens is 1. The van der Waals surface area contributed by atoms with Gasteiger partial charge in [0, 0.05) is 51.0 Å². The van der Waals surface area contributed by atoms with Gasteiger partial charge in [-0.2, -0.15) is 5.26 Å². The van der Waals surface area contributed by atoms with E-state index in [9.17, 15) is 9.18 Å². The van der Waals surface area contributed by atoms with Gasteiger partial charge in [0.05, 0.1) is 11.6 Å². The number of piperazine rings is 1. The quantitative estimate of drug-likeness (QED) is 0.728. The zero-order valence-corrected chi connectivity index (χ0v) is 19.2. The molecule has 0 aromatic heterocycles. The molecule has 2 aliphatic heterocycles. The van der Waals surface area contributed by atoms with E-state index in [1.807, 2.05) is 28.9 Å². The van der Waals surface area contributed by atoms with Crippen LogP contribution in [-0.4, -0.2) is 61.1 Å². The lowest BCUT2D eigenvalue weighted by Gasteiger charge is -2.41.